The molecule has 0 aliphatic carbocycles. The summed E-state index contributed by atoms with van der Waals surface area (Å²) in [5, 5.41) is 0. The van der Waals surface area contributed by atoms with E-state index in [2.05, 4.69) is 57.0 Å². The van der Waals surface area contributed by atoms with Gasteiger partial charge >= 0.3 is 0 Å². The smallest absolute Gasteiger partial charge is 0.0434 e. The second-order valence-corrected chi connectivity index (χ2v) is 4.88. The molecular weight excluding hydrogens is 170 g/mol. The predicted octanol–water partition coefficient (Wildman–Crippen LogP) is 3.09. The minimum absolute atomic E-state index is 0.295. The van der Waals surface area contributed by atoms with E-state index in [0.29, 0.717) is 11.5 Å². The summed E-state index contributed by atoms with van der Waals surface area (Å²) < 4.78 is 0. The van der Waals surface area contributed by atoms with Crippen LogP contribution in [0.5, 0.6) is 0 Å². The number of hydrogen-bond donors (Lipinski definition) is 0. The van der Waals surface area contributed by atoms with Gasteiger partial charge in [0.05, 0.1) is 0 Å². The Labute approximate surface area is 86.7 Å². The lowest BCUT2D eigenvalue weighted by Crippen LogP contribution is -2.45. The van der Waals surface area contributed by atoms with Gasteiger partial charge in [0.25, 0.3) is 0 Å². The monoisotopic (exact) mass is 189 g/mol. The second kappa shape index (κ2) is 3.01. The maximum absolute atomic E-state index is 2.44. The third kappa shape index (κ3) is 1.15. The van der Waals surface area contributed by atoms with Gasteiger partial charge in [-0.15, -0.1) is 0 Å². The average molecular weight is 189 g/mol. The van der Waals surface area contributed by atoms with Crippen molar-refractivity contribution in [2.24, 2.45) is 5.92 Å². The van der Waals surface area contributed by atoms with Gasteiger partial charge in [0.2, 0.25) is 0 Å². The molecule has 1 aromatic carbocycles. The van der Waals surface area contributed by atoms with Gasteiger partial charge in [-0.05, 0) is 30.9 Å². The third-order valence-corrected chi connectivity index (χ3v) is 3.91. The molecule has 0 aromatic heterocycles. The predicted molar refractivity (Wildman–Crippen MR) is 61.8 cm³/mol. The Morgan fingerprint density at radius 3 is 2.50 bits per heavy atom. The number of fused-ring (bicyclic) bond motifs is 1. The molecule has 1 heterocycles. The summed E-state index contributed by atoms with van der Waals surface area (Å²) in [6, 6.07) is 8.74. The van der Waals surface area contributed by atoms with Crippen molar-refractivity contribution < 1.29 is 0 Å². The lowest BCUT2D eigenvalue weighted by atomic mass is 9.85. The van der Waals surface area contributed by atoms with E-state index in [9.17, 15) is 0 Å². The highest BCUT2D eigenvalue weighted by molar-refractivity contribution is 5.60. The van der Waals surface area contributed by atoms with Crippen molar-refractivity contribution in [3.05, 3.63) is 29.8 Å². The molecule has 1 aromatic rings. The zero-order chi connectivity index (χ0) is 10.3. The Balaban J connectivity index is 2.43. The minimum atomic E-state index is 0.295. The Morgan fingerprint density at radius 2 is 1.93 bits per heavy atom. The van der Waals surface area contributed by atoms with Crippen LogP contribution in [0.15, 0.2) is 24.3 Å². The van der Waals surface area contributed by atoms with Crippen LogP contribution in [0.25, 0.3) is 0 Å². The molecule has 76 valence electrons. The van der Waals surface area contributed by atoms with Crippen molar-refractivity contribution in [1.82, 2.24) is 0 Å². The van der Waals surface area contributed by atoms with Crippen LogP contribution in [0.4, 0.5) is 5.69 Å². The minimum Gasteiger partial charge on any atom is -0.368 e. The van der Waals surface area contributed by atoms with Gasteiger partial charge in [0.1, 0.15) is 0 Å². The van der Waals surface area contributed by atoms with Crippen molar-refractivity contribution in [2.45, 2.75) is 32.7 Å². The first-order chi connectivity index (χ1) is 6.55. The third-order valence-electron chi connectivity index (χ3n) is 3.91. The van der Waals surface area contributed by atoms with Crippen molar-refractivity contribution in [2.75, 3.05) is 11.9 Å². The number of para-hydroxylation sites is 1. The molecule has 1 aliphatic heterocycles. The molecule has 0 spiro atoms. The molecule has 0 N–H and O–H groups in total. The largest absolute Gasteiger partial charge is 0.368 e. The van der Waals surface area contributed by atoms with E-state index in [0.717, 1.165) is 0 Å². The van der Waals surface area contributed by atoms with Gasteiger partial charge in [-0.1, -0.05) is 32.0 Å². The number of anilines is 1. The lowest BCUT2D eigenvalue weighted by molar-refractivity contribution is 0.340. The van der Waals surface area contributed by atoms with Crippen LogP contribution >= 0.6 is 0 Å². The summed E-state index contributed by atoms with van der Waals surface area (Å²) in [6.07, 6.45) is 1.18. The van der Waals surface area contributed by atoms with Crippen molar-refractivity contribution in [1.29, 1.82) is 0 Å². The van der Waals surface area contributed by atoms with Crippen LogP contribution < -0.4 is 4.90 Å². The van der Waals surface area contributed by atoms with E-state index in [1.165, 1.54) is 17.7 Å². The average Bonchev–Trinajstić information content (AvgIpc) is 2.42. The number of benzene rings is 1. The first kappa shape index (κ1) is 9.57. The van der Waals surface area contributed by atoms with Crippen molar-refractivity contribution >= 4 is 5.69 Å². The van der Waals surface area contributed by atoms with Gasteiger partial charge in [-0.2, -0.15) is 0 Å². The number of rotatable bonds is 1. The highest BCUT2D eigenvalue weighted by atomic mass is 15.2. The fourth-order valence-electron chi connectivity index (χ4n) is 2.36. The SMILES string of the molecule is CC(C)C1(C)Cc2ccccc2N1C. The van der Waals surface area contributed by atoms with Crippen LogP contribution in [0.3, 0.4) is 0 Å². The van der Waals surface area contributed by atoms with Gasteiger partial charge in [0.15, 0.2) is 0 Å². The first-order valence-corrected chi connectivity index (χ1v) is 5.37. The summed E-state index contributed by atoms with van der Waals surface area (Å²) in [4.78, 5) is 2.44. The maximum Gasteiger partial charge on any atom is 0.0434 e. The molecule has 14 heavy (non-hydrogen) atoms. The van der Waals surface area contributed by atoms with Crippen LogP contribution in [-0.4, -0.2) is 12.6 Å². The lowest BCUT2D eigenvalue weighted by Gasteiger charge is -2.38. The number of likely N-dealkylation sites (N-methyl/N-ethyl adjacent to an activating group) is 1. The maximum atomic E-state index is 2.44. The molecule has 0 saturated heterocycles. The molecule has 2 rings (SSSR count). The molecule has 0 radical (unpaired) electrons. The van der Waals surface area contributed by atoms with Crippen molar-refractivity contribution in [3.63, 3.8) is 0 Å². The Kier molecular flexibility index (Phi) is 2.06. The molecule has 0 fully saturated rings. The summed E-state index contributed by atoms with van der Waals surface area (Å²) in [5.41, 5.74) is 3.19. The van der Waals surface area contributed by atoms with Crippen LogP contribution in [0.1, 0.15) is 26.3 Å². The van der Waals surface area contributed by atoms with E-state index in [-0.39, 0.29) is 0 Å². The quantitative estimate of drug-likeness (QED) is 0.656. The first-order valence-electron chi connectivity index (χ1n) is 5.37. The number of hydrogen-bond acceptors (Lipinski definition) is 1. The summed E-state index contributed by atoms with van der Waals surface area (Å²) in [5.74, 6) is 0.680. The molecule has 0 bridgehead atoms. The molecule has 1 unspecified atom stereocenters. The molecule has 0 saturated carbocycles. The summed E-state index contributed by atoms with van der Waals surface area (Å²) in [7, 11) is 2.21. The zero-order valence-corrected chi connectivity index (χ0v) is 9.54. The molecule has 1 nitrogen and oxygen atoms in total. The van der Waals surface area contributed by atoms with E-state index in [1.807, 2.05) is 0 Å². The Morgan fingerprint density at radius 1 is 1.29 bits per heavy atom. The molecular formula is C13H19N. The Bertz CT molecular complexity index is 343. The molecule has 1 aliphatic rings. The van der Waals surface area contributed by atoms with E-state index in [4.69, 9.17) is 0 Å². The molecule has 1 heteroatoms. The second-order valence-electron chi connectivity index (χ2n) is 4.88. The van der Waals surface area contributed by atoms with Crippen LogP contribution in [0, 0.1) is 5.92 Å². The Hall–Kier alpha value is -0.980. The van der Waals surface area contributed by atoms with Gasteiger partial charge in [-0.25, -0.2) is 0 Å². The molecule has 0 amide bonds. The number of nitrogens with zero attached hydrogens (tertiary/aromatic N) is 1. The zero-order valence-electron chi connectivity index (χ0n) is 9.54. The highest BCUT2D eigenvalue weighted by Crippen LogP contribution is 2.41. The molecule has 1 atom stereocenters. The standard InChI is InChI=1S/C13H19N/c1-10(2)13(3)9-11-7-5-6-8-12(11)14(13)4/h5-8,10H,9H2,1-4H3. The summed E-state index contributed by atoms with van der Waals surface area (Å²) in [6.45, 7) is 6.97. The topological polar surface area (TPSA) is 3.24 Å². The normalized spacial score (nSPS) is 25.6. The fraction of sp³-hybridized carbons (Fsp3) is 0.538. The van der Waals surface area contributed by atoms with Crippen molar-refractivity contribution in [3.8, 4) is 0 Å². The van der Waals surface area contributed by atoms with Crippen LogP contribution in [0.2, 0.25) is 0 Å². The highest BCUT2D eigenvalue weighted by Gasteiger charge is 2.39. The summed E-state index contributed by atoms with van der Waals surface area (Å²) >= 11 is 0. The van der Waals surface area contributed by atoms with E-state index in [1.54, 1.807) is 0 Å². The van der Waals surface area contributed by atoms with Gasteiger partial charge in [0, 0.05) is 18.3 Å². The fourth-order valence-corrected chi connectivity index (χ4v) is 2.36. The van der Waals surface area contributed by atoms with Gasteiger partial charge < -0.3 is 4.90 Å². The van der Waals surface area contributed by atoms with E-state index >= 15 is 0 Å². The van der Waals surface area contributed by atoms with Crippen LogP contribution in [-0.2, 0) is 6.42 Å². The van der Waals surface area contributed by atoms with Gasteiger partial charge in [-0.3, -0.25) is 0 Å². The van der Waals surface area contributed by atoms with E-state index < -0.39 is 0 Å².